The van der Waals surface area contributed by atoms with Gasteiger partial charge in [0.15, 0.2) is 0 Å². The summed E-state index contributed by atoms with van der Waals surface area (Å²) in [6.45, 7) is 0.291. The zero-order valence-corrected chi connectivity index (χ0v) is 14.5. The van der Waals surface area contributed by atoms with Gasteiger partial charge in [-0.05, 0) is 36.4 Å². The zero-order chi connectivity index (χ0) is 16.9. The van der Waals surface area contributed by atoms with Crippen LogP contribution in [0, 0.1) is 5.41 Å². The molecule has 122 valence electrons. The molecule has 0 saturated heterocycles. The van der Waals surface area contributed by atoms with Crippen LogP contribution in [0.15, 0.2) is 57.9 Å². The Labute approximate surface area is 143 Å². The third-order valence-corrected chi connectivity index (χ3v) is 4.94. The van der Waals surface area contributed by atoms with Gasteiger partial charge in [0.2, 0.25) is 10.0 Å². The summed E-state index contributed by atoms with van der Waals surface area (Å²) in [5.41, 5.74) is 5.96. The van der Waals surface area contributed by atoms with E-state index in [-0.39, 0.29) is 23.9 Å². The minimum Gasteiger partial charge on any atom is -0.492 e. The fourth-order valence-electron chi connectivity index (χ4n) is 1.80. The number of ether oxygens (including phenoxy) is 1. The maximum Gasteiger partial charge on any atom is 0.240 e. The maximum absolute atomic E-state index is 12.1. The first-order valence-corrected chi connectivity index (χ1v) is 8.98. The van der Waals surface area contributed by atoms with Crippen molar-refractivity contribution >= 4 is 31.8 Å². The number of nitrogens with two attached hydrogens (primary N) is 1. The van der Waals surface area contributed by atoms with E-state index in [4.69, 9.17) is 15.9 Å². The monoisotopic (exact) mass is 397 g/mol. The summed E-state index contributed by atoms with van der Waals surface area (Å²) in [7, 11) is -3.56. The van der Waals surface area contributed by atoms with Crippen molar-refractivity contribution in [1.82, 2.24) is 4.72 Å². The molecule has 23 heavy (non-hydrogen) atoms. The van der Waals surface area contributed by atoms with E-state index in [2.05, 4.69) is 20.7 Å². The molecule has 0 aliphatic heterocycles. The number of rotatable bonds is 7. The number of sulfonamides is 1. The third kappa shape index (κ3) is 5.05. The van der Waals surface area contributed by atoms with Gasteiger partial charge in [-0.1, -0.05) is 28.1 Å². The molecular formula is C15H16BrN3O3S. The van der Waals surface area contributed by atoms with Gasteiger partial charge < -0.3 is 10.5 Å². The lowest BCUT2D eigenvalue weighted by atomic mass is 10.2. The van der Waals surface area contributed by atoms with Crippen LogP contribution in [0.4, 0.5) is 0 Å². The molecule has 0 radical (unpaired) electrons. The Hall–Kier alpha value is -1.90. The average molecular weight is 398 g/mol. The number of amidine groups is 1. The number of nitrogens with one attached hydrogen (secondary N) is 2. The summed E-state index contributed by atoms with van der Waals surface area (Å²) in [6, 6.07) is 13.1. The molecule has 6 nitrogen and oxygen atoms in total. The Balaban J connectivity index is 1.88. The van der Waals surface area contributed by atoms with Crippen molar-refractivity contribution in [2.75, 3.05) is 13.2 Å². The van der Waals surface area contributed by atoms with E-state index in [0.717, 1.165) is 4.47 Å². The van der Waals surface area contributed by atoms with Crippen molar-refractivity contribution in [2.24, 2.45) is 5.73 Å². The highest BCUT2D eigenvalue weighted by atomic mass is 79.9. The molecule has 8 heteroatoms. The van der Waals surface area contributed by atoms with Gasteiger partial charge in [-0.2, -0.15) is 0 Å². The van der Waals surface area contributed by atoms with E-state index in [1.807, 2.05) is 0 Å². The van der Waals surface area contributed by atoms with Gasteiger partial charge in [-0.25, -0.2) is 13.1 Å². The number of halogens is 1. The third-order valence-electron chi connectivity index (χ3n) is 2.93. The second kappa shape index (κ2) is 7.58. The van der Waals surface area contributed by atoms with E-state index in [0.29, 0.717) is 11.3 Å². The Kier molecular flexibility index (Phi) is 5.75. The summed E-state index contributed by atoms with van der Waals surface area (Å²) in [6.07, 6.45) is 0. The molecule has 0 aromatic heterocycles. The van der Waals surface area contributed by atoms with E-state index < -0.39 is 10.0 Å². The van der Waals surface area contributed by atoms with E-state index in [1.165, 1.54) is 12.1 Å². The summed E-state index contributed by atoms with van der Waals surface area (Å²) in [4.78, 5) is 0.194. The van der Waals surface area contributed by atoms with Crippen LogP contribution in [0.25, 0.3) is 0 Å². The smallest absolute Gasteiger partial charge is 0.240 e. The molecule has 0 unspecified atom stereocenters. The highest BCUT2D eigenvalue weighted by Gasteiger charge is 2.12. The molecule has 0 atom stereocenters. The molecule has 0 aliphatic rings. The SMILES string of the molecule is N=C(N)c1cccc(OCCNS(=O)(=O)c2ccc(Br)cc2)c1. The molecule has 0 spiro atoms. The lowest BCUT2D eigenvalue weighted by Crippen LogP contribution is -2.28. The fraction of sp³-hybridized carbons (Fsp3) is 0.133. The first kappa shape index (κ1) is 17.5. The van der Waals surface area contributed by atoms with Crippen LogP contribution in [0.1, 0.15) is 5.56 Å². The lowest BCUT2D eigenvalue weighted by Gasteiger charge is -2.09. The number of hydrogen-bond donors (Lipinski definition) is 3. The predicted molar refractivity (Wildman–Crippen MR) is 92.3 cm³/mol. The van der Waals surface area contributed by atoms with Crippen molar-refractivity contribution in [3.8, 4) is 5.75 Å². The molecule has 0 fully saturated rings. The van der Waals surface area contributed by atoms with Gasteiger partial charge in [-0.3, -0.25) is 5.41 Å². The normalized spacial score (nSPS) is 11.2. The predicted octanol–water partition coefficient (Wildman–Crippen LogP) is 2.09. The summed E-state index contributed by atoms with van der Waals surface area (Å²) >= 11 is 3.26. The van der Waals surface area contributed by atoms with Gasteiger partial charge in [0.1, 0.15) is 18.2 Å². The fourth-order valence-corrected chi connectivity index (χ4v) is 3.07. The molecular weight excluding hydrogens is 382 g/mol. The molecule has 0 bridgehead atoms. The highest BCUT2D eigenvalue weighted by Crippen LogP contribution is 2.15. The van der Waals surface area contributed by atoms with Crippen LogP contribution in [0.2, 0.25) is 0 Å². The van der Waals surface area contributed by atoms with Gasteiger partial charge >= 0.3 is 0 Å². The van der Waals surface area contributed by atoms with Crippen LogP contribution >= 0.6 is 15.9 Å². The molecule has 2 aromatic rings. The van der Waals surface area contributed by atoms with Crippen LogP contribution < -0.4 is 15.2 Å². The van der Waals surface area contributed by atoms with E-state index in [1.54, 1.807) is 36.4 Å². The maximum atomic E-state index is 12.1. The number of nitrogen functional groups attached to an aromatic ring is 1. The Morgan fingerprint density at radius 2 is 1.91 bits per heavy atom. The van der Waals surface area contributed by atoms with Gasteiger partial charge in [0.25, 0.3) is 0 Å². The van der Waals surface area contributed by atoms with Crippen molar-refractivity contribution in [3.63, 3.8) is 0 Å². The van der Waals surface area contributed by atoms with Gasteiger partial charge in [0, 0.05) is 16.6 Å². The quantitative estimate of drug-likeness (QED) is 0.377. The first-order chi connectivity index (χ1) is 10.9. The standard InChI is InChI=1S/C15H16BrN3O3S/c16-12-4-6-14(7-5-12)23(20,21)19-8-9-22-13-3-1-2-11(10-13)15(17)18/h1-7,10,19H,8-9H2,(H3,17,18). The average Bonchev–Trinajstić information content (AvgIpc) is 2.52. The van der Waals surface area contributed by atoms with Crippen LogP contribution in [-0.2, 0) is 10.0 Å². The van der Waals surface area contributed by atoms with Crippen molar-refractivity contribution in [3.05, 3.63) is 58.6 Å². The summed E-state index contributed by atoms with van der Waals surface area (Å²) < 4.78 is 32.9. The van der Waals surface area contributed by atoms with Crippen molar-refractivity contribution < 1.29 is 13.2 Å². The second-order valence-electron chi connectivity index (χ2n) is 4.64. The van der Waals surface area contributed by atoms with Crippen LogP contribution in [-0.4, -0.2) is 27.4 Å². The largest absolute Gasteiger partial charge is 0.492 e. The molecule has 2 rings (SSSR count). The molecule has 0 amide bonds. The van der Waals surface area contributed by atoms with Crippen LogP contribution in [0.3, 0.4) is 0 Å². The van der Waals surface area contributed by atoms with E-state index in [9.17, 15) is 8.42 Å². The minimum atomic E-state index is -3.56. The summed E-state index contributed by atoms with van der Waals surface area (Å²) in [5.74, 6) is 0.479. The minimum absolute atomic E-state index is 0.0496. The number of benzene rings is 2. The van der Waals surface area contributed by atoms with E-state index >= 15 is 0 Å². The topological polar surface area (TPSA) is 105 Å². The number of hydrogen-bond acceptors (Lipinski definition) is 4. The molecule has 2 aromatic carbocycles. The van der Waals surface area contributed by atoms with Crippen molar-refractivity contribution in [2.45, 2.75) is 4.90 Å². The molecule has 0 heterocycles. The van der Waals surface area contributed by atoms with Gasteiger partial charge in [0.05, 0.1) is 4.90 Å². The Bertz CT molecular complexity index is 792. The Morgan fingerprint density at radius 3 is 2.57 bits per heavy atom. The molecule has 0 aliphatic carbocycles. The zero-order valence-electron chi connectivity index (χ0n) is 12.1. The molecule has 4 N–H and O–H groups in total. The molecule has 0 saturated carbocycles. The second-order valence-corrected chi connectivity index (χ2v) is 7.32. The van der Waals surface area contributed by atoms with Gasteiger partial charge in [-0.15, -0.1) is 0 Å². The summed E-state index contributed by atoms with van der Waals surface area (Å²) in [5, 5.41) is 7.36. The lowest BCUT2D eigenvalue weighted by molar-refractivity contribution is 0.323. The highest BCUT2D eigenvalue weighted by molar-refractivity contribution is 9.10. The van der Waals surface area contributed by atoms with Crippen LogP contribution in [0.5, 0.6) is 5.75 Å². The van der Waals surface area contributed by atoms with Crippen molar-refractivity contribution in [1.29, 1.82) is 5.41 Å². The Morgan fingerprint density at radius 1 is 1.22 bits per heavy atom. The first-order valence-electron chi connectivity index (χ1n) is 6.71.